The van der Waals surface area contributed by atoms with Crippen LogP contribution in [0.5, 0.6) is 0 Å². The number of hydrogen-bond donors (Lipinski definition) is 2. The highest BCUT2D eigenvalue weighted by Crippen LogP contribution is 2.19. The van der Waals surface area contributed by atoms with Gasteiger partial charge in [0.15, 0.2) is 0 Å². The first-order chi connectivity index (χ1) is 14.2. The zero-order valence-corrected chi connectivity index (χ0v) is 17.1. The number of carbonyl (C=O) groups is 3. The zero-order chi connectivity index (χ0) is 22.3. The van der Waals surface area contributed by atoms with Gasteiger partial charge in [-0.05, 0) is 38.0 Å². The standard InChI is InChI=1S/C20H25N5O5/c1-12(2)30-20(29)15(7-6-14(26)10-23-21)24-19(28)17(27)9-13-11-25(3)16-5-4-8-22-18(13)16/h4-5,8,10-12,15,17,27H,6-7,9H2,1-3H3,(H,24,28)/t15-,17-/m0/s1. The van der Waals surface area contributed by atoms with E-state index in [9.17, 15) is 19.5 Å². The van der Waals surface area contributed by atoms with Gasteiger partial charge in [0, 0.05) is 32.3 Å². The first-order valence-electron chi connectivity index (χ1n) is 9.51. The minimum Gasteiger partial charge on any atom is -0.461 e. The van der Waals surface area contributed by atoms with Crippen molar-refractivity contribution in [3.63, 3.8) is 0 Å². The zero-order valence-electron chi connectivity index (χ0n) is 17.1. The molecular weight excluding hydrogens is 390 g/mol. The molecule has 0 aliphatic rings. The van der Waals surface area contributed by atoms with Crippen molar-refractivity contribution in [1.82, 2.24) is 14.9 Å². The van der Waals surface area contributed by atoms with E-state index in [0.717, 1.165) is 11.7 Å². The van der Waals surface area contributed by atoms with Gasteiger partial charge in [0.1, 0.15) is 12.1 Å². The average molecular weight is 415 g/mol. The number of ether oxygens (including phenoxy) is 1. The molecule has 160 valence electrons. The van der Waals surface area contributed by atoms with Gasteiger partial charge in [-0.1, -0.05) is 0 Å². The van der Waals surface area contributed by atoms with Crippen molar-refractivity contribution in [3.05, 3.63) is 35.6 Å². The van der Waals surface area contributed by atoms with Crippen molar-refractivity contribution in [2.24, 2.45) is 7.05 Å². The molecule has 0 fully saturated rings. The third-order valence-electron chi connectivity index (χ3n) is 4.37. The van der Waals surface area contributed by atoms with E-state index >= 15 is 0 Å². The Kier molecular flexibility index (Phi) is 7.97. The molecule has 2 aromatic heterocycles. The third-order valence-corrected chi connectivity index (χ3v) is 4.37. The molecule has 30 heavy (non-hydrogen) atoms. The molecule has 2 atom stereocenters. The van der Waals surface area contributed by atoms with Gasteiger partial charge in [-0.3, -0.25) is 14.6 Å². The molecule has 0 unspecified atom stereocenters. The van der Waals surface area contributed by atoms with Crippen LogP contribution in [-0.4, -0.2) is 61.6 Å². The topological polar surface area (TPSA) is 147 Å². The number of rotatable bonds is 10. The lowest BCUT2D eigenvalue weighted by Gasteiger charge is -2.20. The van der Waals surface area contributed by atoms with Crippen LogP contribution < -0.4 is 5.32 Å². The van der Waals surface area contributed by atoms with Crippen LogP contribution in [0, 0.1) is 0 Å². The van der Waals surface area contributed by atoms with E-state index in [4.69, 9.17) is 10.3 Å². The Bertz CT molecular complexity index is 977. The van der Waals surface area contributed by atoms with Crippen LogP contribution >= 0.6 is 0 Å². The number of amides is 1. The summed E-state index contributed by atoms with van der Waals surface area (Å²) in [5.41, 5.74) is 10.6. The van der Waals surface area contributed by atoms with E-state index in [1.165, 1.54) is 0 Å². The maximum atomic E-state index is 12.5. The van der Waals surface area contributed by atoms with Crippen LogP contribution in [0.4, 0.5) is 0 Å². The van der Waals surface area contributed by atoms with Crippen molar-refractivity contribution in [3.8, 4) is 0 Å². The summed E-state index contributed by atoms with van der Waals surface area (Å²) in [6.07, 6.45) is 2.07. The van der Waals surface area contributed by atoms with Gasteiger partial charge < -0.3 is 25.3 Å². The van der Waals surface area contributed by atoms with E-state index in [2.05, 4.69) is 15.1 Å². The summed E-state index contributed by atoms with van der Waals surface area (Å²) in [5, 5.41) is 12.8. The van der Waals surface area contributed by atoms with Crippen LogP contribution in [0.15, 0.2) is 24.5 Å². The molecule has 0 bridgehead atoms. The number of hydrogen-bond acceptors (Lipinski definition) is 6. The van der Waals surface area contributed by atoms with Crippen LogP contribution in [0.3, 0.4) is 0 Å². The van der Waals surface area contributed by atoms with E-state index in [1.807, 2.05) is 17.7 Å². The fraction of sp³-hybridized carbons (Fsp3) is 0.450. The number of nitrogens with zero attached hydrogens (tertiary/aromatic N) is 4. The SMILES string of the molecule is CC(C)OC(=O)[C@H](CCC(=O)C=[N+]=[N-])NC(=O)[C@@H](O)Cc1cn(C)c2cccnc12. The number of aliphatic hydroxyl groups excluding tert-OH is 1. The fourth-order valence-corrected chi connectivity index (χ4v) is 2.99. The van der Waals surface area contributed by atoms with Crippen LogP contribution in [0.1, 0.15) is 32.3 Å². The summed E-state index contributed by atoms with van der Waals surface area (Å²) in [6, 6.07) is 2.54. The second-order valence-corrected chi connectivity index (χ2v) is 7.15. The summed E-state index contributed by atoms with van der Waals surface area (Å²) in [5.74, 6) is -2.00. The summed E-state index contributed by atoms with van der Waals surface area (Å²) < 4.78 is 6.97. The maximum Gasteiger partial charge on any atom is 0.328 e. The number of carbonyl (C=O) groups excluding carboxylic acids is 3. The molecule has 2 rings (SSSR count). The van der Waals surface area contributed by atoms with Crippen molar-refractivity contribution in [2.45, 2.75) is 51.4 Å². The van der Waals surface area contributed by atoms with Gasteiger partial charge in [-0.2, -0.15) is 4.79 Å². The number of aryl methyl sites for hydroxylation is 1. The number of aromatic nitrogens is 2. The summed E-state index contributed by atoms with van der Waals surface area (Å²) >= 11 is 0. The van der Waals surface area contributed by atoms with Crippen molar-refractivity contribution >= 4 is 34.9 Å². The number of fused-ring (bicyclic) bond motifs is 1. The predicted octanol–water partition coefficient (Wildman–Crippen LogP) is 0.563. The molecule has 0 aliphatic carbocycles. The quantitative estimate of drug-likeness (QED) is 0.251. The van der Waals surface area contributed by atoms with E-state index in [-0.39, 0.29) is 19.3 Å². The number of nitrogens with one attached hydrogen (secondary N) is 1. The van der Waals surface area contributed by atoms with Crippen molar-refractivity contribution < 1.29 is 29.0 Å². The molecule has 10 nitrogen and oxygen atoms in total. The van der Waals surface area contributed by atoms with Crippen LogP contribution in [0.2, 0.25) is 0 Å². The normalized spacial score (nSPS) is 12.8. The van der Waals surface area contributed by atoms with Gasteiger partial charge in [-0.15, -0.1) is 0 Å². The van der Waals surface area contributed by atoms with Crippen molar-refractivity contribution in [2.75, 3.05) is 0 Å². The second kappa shape index (κ2) is 10.4. The first-order valence-corrected chi connectivity index (χ1v) is 9.51. The molecule has 2 aromatic rings. The van der Waals surface area contributed by atoms with Crippen molar-refractivity contribution in [1.29, 1.82) is 0 Å². The highest BCUT2D eigenvalue weighted by atomic mass is 16.5. The fourth-order valence-electron chi connectivity index (χ4n) is 2.99. The molecule has 0 spiro atoms. The second-order valence-electron chi connectivity index (χ2n) is 7.15. The Morgan fingerprint density at radius 2 is 2.13 bits per heavy atom. The smallest absolute Gasteiger partial charge is 0.328 e. The largest absolute Gasteiger partial charge is 0.461 e. The van der Waals surface area contributed by atoms with E-state index in [1.54, 1.807) is 32.3 Å². The van der Waals surface area contributed by atoms with Crippen LogP contribution in [-0.2, 0) is 32.6 Å². The molecule has 0 saturated heterocycles. The molecule has 0 radical (unpaired) electrons. The lowest BCUT2D eigenvalue weighted by atomic mass is 10.1. The van der Waals surface area contributed by atoms with Gasteiger partial charge in [-0.25, -0.2) is 4.79 Å². The predicted molar refractivity (Wildman–Crippen MR) is 108 cm³/mol. The molecule has 10 heteroatoms. The van der Waals surface area contributed by atoms with E-state index < -0.39 is 35.9 Å². The van der Waals surface area contributed by atoms with E-state index in [0.29, 0.717) is 11.1 Å². The highest BCUT2D eigenvalue weighted by molar-refractivity contribution is 6.25. The van der Waals surface area contributed by atoms with Gasteiger partial charge >= 0.3 is 12.2 Å². The Labute approximate surface area is 173 Å². The lowest BCUT2D eigenvalue weighted by molar-refractivity contribution is -0.152. The summed E-state index contributed by atoms with van der Waals surface area (Å²) in [4.78, 5) is 43.3. The summed E-state index contributed by atoms with van der Waals surface area (Å²) in [7, 11) is 1.84. The maximum absolute atomic E-state index is 12.5. The number of pyridine rings is 1. The molecular formula is C20H25N5O5. The molecule has 2 heterocycles. The molecule has 0 aliphatic heterocycles. The Morgan fingerprint density at radius 1 is 1.40 bits per heavy atom. The summed E-state index contributed by atoms with van der Waals surface area (Å²) in [6.45, 7) is 3.31. The minimum absolute atomic E-state index is 0.00222. The van der Waals surface area contributed by atoms with Gasteiger partial charge in [0.25, 0.3) is 0 Å². The minimum atomic E-state index is -1.43. The van der Waals surface area contributed by atoms with Gasteiger partial charge in [0.05, 0.1) is 17.1 Å². The number of Topliss-reactive ketones (excluding diaryl/α,β-unsaturated/α-hetero) is 1. The molecule has 1 amide bonds. The molecule has 2 N–H and O–H groups in total. The molecule has 0 saturated carbocycles. The Morgan fingerprint density at radius 3 is 2.80 bits per heavy atom. The average Bonchev–Trinajstić information content (AvgIpc) is 3.00. The lowest BCUT2D eigenvalue weighted by Crippen LogP contribution is -2.47. The number of ketones is 1. The van der Waals surface area contributed by atoms with Crippen LogP contribution in [0.25, 0.3) is 16.6 Å². The molecule has 0 aromatic carbocycles. The number of esters is 1. The van der Waals surface area contributed by atoms with Gasteiger partial charge in [0.2, 0.25) is 11.7 Å². The highest BCUT2D eigenvalue weighted by Gasteiger charge is 2.27. The number of aliphatic hydroxyl groups is 1. The Hall–Kier alpha value is -3.36. The monoisotopic (exact) mass is 415 g/mol. The third kappa shape index (κ3) is 6.07. The first kappa shape index (κ1) is 22.9. The Balaban J connectivity index is 2.09.